The quantitative estimate of drug-likeness (QED) is 0.802. The van der Waals surface area contributed by atoms with E-state index in [4.69, 9.17) is 5.11 Å². The van der Waals surface area contributed by atoms with Gasteiger partial charge in [-0.3, -0.25) is 4.90 Å². The summed E-state index contributed by atoms with van der Waals surface area (Å²) in [5, 5.41) is 18.6. The molecule has 3 heteroatoms. The molecule has 1 aromatic carbocycles. The molecule has 2 fully saturated rings. The molecule has 1 aromatic rings. The Hall–Kier alpha value is -1.34. The van der Waals surface area contributed by atoms with Crippen molar-refractivity contribution in [3.8, 4) is 11.8 Å². The van der Waals surface area contributed by atoms with Gasteiger partial charge in [0.05, 0.1) is 6.10 Å². The van der Waals surface area contributed by atoms with Gasteiger partial charge in [0.1, 0.15) is 6.61 Å². The number of piperidine rings is 1. The fourth-order valence-electron chi connectivity index (χ4n) is 3.60. The van der Waals surface area contributed by atoms with Crippen LogP contribution in [0.5, 0.6) is 0 Å². The number of hydrogen-bond acceptors (Lipinski definition) is 3. The number of hydrogen-bond donors (Lipinski definition) is 2. The highest BCUT2D eigenvalue weighted by Gasteiger charge is 2.39. The maximum atomic E-state index is 9.85. The minimum absolute atomic E-state index is 0.0988. The Kier molecular flexibility index (Phi) is 4.07. The van der Waals surface area contributed by atoms with Crippen LogP contribution in [0, 0.1) is 11.8 Å². The SMILES string of the molecule is OCC#Cc1cccc(CN2C3CCC2CC(O)C3)c1. The Balaban J connectivity index is 1.72. The molecule has 2 unspecified atom stereocenters. The van der Waals surface area contributed by atoms with Gasteiger partial charge in [0.25, 0.3) is 0 Å². The Labute approximate surface area is 120 Å². The van der Waals surface area contributed by atoms with Gasteiger partial charge in [-0.25, -0.2) is 0 Å². The van der Waals surface area contributed by atoms with E-state index in [-0.39, 0.29) is 12.7 Å². The molecule has 2 aliphatic rings. The number of fused-ring (bicyclic) bond motifs is 2. The molecule has 0 amide bonds. The summed E-state index contributed by atoms with van der Waals surface area (Å²) in [5.41, 5.74) is 2.23. The molecule has 2 bridgehead atoms. The van der Waals surface area contributed by atoms with E-state index in [2.05, 4.69) is 28.9 Å². The fraction of sp³-hybridized carbons (Fsp3) is 0.529. The smallest absolute Gasteiger partial charge is 0.104 e. The second-order valence-corrected chi connectivity index (χ2v) is 5.84. The van der Waals surface area contributed by atoms with Gasteiger partial charge in [0.2, 0.25) is 0 Å². The molecule has 0 saturated carbocycles. The van der Waals surface area contributed by atoms with Crippen LogP contribution in [0.4, 0.5) is 0 Å². The minimum Gasteiger partial charge on any atom is -0.393 e. The van der Waals surface area contributed by atoms with Gasteiger partial charge < -0.3 is 10.2 Å². The lowest BCUT2D eigenvalue weighted by molar-refractivity contribution is 0.0310. The molecule has 0 aliphatic carbocycles. The molecule has 0 radical (unpaired) electrons. The lowest BCUT2D eigenvalue weighted by Crippen LogP contribution is -2.44. The van der Waals surface area contributed by atoms with E-state index >= 15 is 0 Å². The normalized spacial score (nSPS) is 29.0. The van der Waals surface area contributed by atoms with Crippen molar-refractivity contribution in [2.75, 3.05) is 6.61 Å². The first-order valence-corrected chi connectivity index (χ1v) is 7.39. The standard InChI is InChI=1S/C17H21NO2/c19-8-2-5-13-3-1-4-14(9-13)12-18-15-6-7-16(18)11-17(20)10-15/h1,3-4,9,15-17,19-20H,6-8,10-12H2. The van der Waals surface area contributed by atoms with E-state index in [1.54, 1.807) is 0 Å². The fourth-order valence-corrected chi connectivity index (χ4v) is 3.60. The lowest BCUT2D eigenvalue weighted by Gasteiger charge is -2.37. The largest absolute Gasteiger partial charge is 0.393 e. The first-order chi connectivity index (χ1) is 9.76. The molecule has 20 heavy (non-hydrogen) atoms. The topological polar surface area (TPSA) is 43.7 Å². The lowest BCUT2D eigenvalue weighted by atomic mass is 9.99. The number of aliphatic hydroxyl groups is 2. The van der Waals surface area contributed by atoms with Crippen molar-refractivity contribution in [1.82, 2.24) is 4.90 Å². The highest BCUT2D eigenvalue weighted by atomic mass is 16.3. The van der Waals surface area contributed by atoms with Crippen molar-refractivity contribution in [1.29, 1.82) is 0 Å². The van der Waals surface area contributed by atoms with Gasteiger partial charge in [0.15, 0.2) is 0 Å². The first-order valence-electron chi connectivity index (χ1n) is 7.39. The molecule has 2 aliphatic heterocycles. The molecule has 0 spiro atoms. The van der Waals surface area contributed by atoms with Crippen molar-refractivity contribution in [3.05, 3.63) is 35.4 Å². The van der Waals surface area contributed by atoms with Crippen LogP contribution < -0.4 is 0 Å². The summed E-state index contributed by atoms with van der Waals surface area (Å²) in [4.78, 5) is 2.55. The molecule has 0 aromatic heterocycles. The highest BCUT2D eigenvalue weighted by Crippen LogP contribution is 2.36. The Bertz CT molecular complexity index is 517. The van der Waals surface area contributed by atoms with Crippen molar-refractivity contribution >= 4 is 0 Å². The van der Waals surface area contributed by atoms with Gasteiger partial charge in [-0.2, -0.15) is 0 Å². The summed E-state index contributed by atoms with van der Waals surface area (Å²) < 4.78 is 0. The van der Waals surface area contributed by atoms with Crippen molar-refractivity contribution in [2.45, 2.75) is 50.4 Å². The van der Waals surface area contributed by atoms with E-state index in [9.17, 15) is 5.11 Å². The monoisotopic (exact) mass is 271 g/mol. The average Bonchev–Trinajstić information content (AvgIpc) is 2.69. The minimum atomic E-state index is -0.106. The Morgan fingerprint density at radius 1 is 1.20 bits per heavy atom. The molecular formula is C17H21NO2. The predicted octanol–water partition coefficient (Wildman–Crippen LogP) is 1.52. The van der Waals surface area contributed by atoms with Crippen LogP contribution in [0.2, 0.25) is 0 Å². The third kappa shape index (κ3) is 2.88. The van der Waals surface area contributed by atoms with Crippen molar-refractivity contribution in [2.24, 2.45) is 0 Å². The zero-order chi connectivity index (χ0) is 13.9. The molecule has 2 atom stereocenters. The second kappa shape index (κ2) is 5.97. The van der Waals surface area contributed by atoms with E-state index in [0.717, 1.165) is 24.9 Å². The first kappa shape index (κ1) is 13.6. The van der Waals surface area contributed by atoms with E-state index in [1.807, 2.05) is 12.1 Å². The average molecular weight is 271 g/mol. The summed E-state index contributed by atoms with van der Waals surface area (Å²) in [5.74, 6) is 5.65. The molecule has 106 valence electrons. The number of nitrogens with zero attached hydrogens (tertiary/aromatic N) is 1. The summed E-state index contributed by atoms with van der Waals surface area (Å²) >= 11 is 0. The maximum absolute atomic E-state index is 9.85. The van der Waals surface area contributed by atoms with Crippen LogP contribution in [-0.4, -0.2) is 39.9 Å². The summed E-state index contributed by atoms with van der Waals surface area (Å²) in [6.45, 7) is 0.842. The van der Waals surface area contributed by atoms with Crippen molar-refractivity contribution < 1.29 is 10.2 Å². The van der Waals surface area contributed by atoms with Crippen LogP contribution in [0.15, 0.2) is 24.3 Å². The van der Waals surface area contributed by atoms with Gasteiger partial charge in [-0.15, -0.1) is 0 Å². The molecular weight excluding hydrogens is 250 g/mol. The van der Waals surface area contributed by atoms with Crippen LogP contribution >= 0.6 is 0 Å². The molecule has 2 heterocycles. The predicted molar refractivity (Wildman–Crippen MR) is 78.0 cm³/mol. The maximum Gasteiger partial charge on any atom is 0.104 e. The Morgan fingerprint density at radius 2 is 1.95 bits per heavy atom. The van der Waals surface area contributed by atoms with Gasteiger partial charge in [0, 0.05) is 24.2 Å². The van der Waals surface area contributed by atoms with Gasteiger partial charge in [-0.05, 0) is 43.4 Å². The Morgan fingerprint density at radius 3 is 2.65 bits per heavy atom. The summed E-state index contributed by atoms with van der Waals surface area (Å²) in [7, 11) is 0. The third-order valence-electron chi connectivity index (χ3n) is 4.46. The number of benzene rings is 1. The van der Waals surface area contributed by atoms with E-state index in [0.29, 0.717) is 12.1 Å². The molecule has 3 nitrogen and oxygen atoms in total. The van der Waals surface area contributed by atoms with Gasteiger partial charge in [-0.1, -0.05) is 24.0 Å². The zero-order valence-corrected chi connectivity index (χ0v) is 11.6. The number of rotatable bonds is 2. The number of aliphatic hydroxyl groups excluding tert-OH is 2. The van der Waals surface area contributed by atoms with Gasteiger partial charge >= 0.3 is 0 Å². The summed E-state index contributed by atoms with van der Waals surface area (Å²) in [6, 6.07) is 9.31. The second-order valence-electron chi connectivity index (χ2n) is 5.84. The third-order valence-corrected chi connectivity index (χ3v) is 4.46. The molecule has 3 rings (SSSR count). The molecule has 2 saturated heterocycles. The highest BCUT2D eigenvalue weighted by molar-refractivity contribution is 5.37. The summed E-state index contributed by atoms with van der Waals surface area (Å²) in [6.07, 6.45) is 4.16. The molecule has 2 N–H and O–H groups in total. The van der Waals surface area contributed by atoms with E-state index in [1.165, 1.54) is 18.4 Å². The van der Waals surface area contributed by atoms with Crippen LogP contribution in [0.3, 0.4) is 0 Å². The van der Waals surface area contributed by atoms with Crippen LogP contribution in [0.1, 0.15) is 36.8 Å². The van der Waals surface area contributed by atoms with Crippen LogP contribution in [0.25, 0.3) is 0 Å². The van der Waals surface area contributed by atoms with E-state index < -0.39 is 0 Å². The zero-order valence-electron chi connectivity index (χ0n) is 11.6. The van der Waals surface area contributed by atoms with Crippen molar-refractivity contribution in [3.63, 3.8) is 0 Å². The van der Waals surface area contributed by atoms with Crippen LogP contribution in [-0.2, 0) is 6.54 Å².